The van der Waals surface area contributed by atoms with Crippen molar-refractivity contribution in [2.24, 2.45) is 4.99 Å². The number of hydrogen-bond acceptors (Lipinski definition) is 7. The first-order chi connectivity index (χ1) is 18.3. The van der Waals surface area contributed by atoms with E-state index in [-0.39, 0.29) is 17.7 Å². The minimum absolute atomic E-state index is 0.191. The summed E-state index contributed by atoms with van der Waals surface area (Å²) in [5.41, 5.74) is 1.73. The van der Waals surface area contributed by atoms with Crippen molar-refractivity contribution in [3.05, 3.63) is 107 Å². The molecule has 0 N–H and O–H groups in total. The lowest BCUT2D eigenvalue weighted by Gasteiger charge is -2.25. The molecule has 0 saturated heterocycles. The normalized spacial score (nSPS) is 15.3. The van der Waals surface area contributed by atoms with E-state index in [1.54, 1.807) is 63.4 Å². The van der Waals surface area contributed by atoms with Gasteiger partial charge in [-0.25, -0.2) is 9.79 Å². The Kier molecular flexibility index (Phi) is 7.29. The van der Waals surface area contributed by atoms with E-state index in [0.717, 1.165) is 0 Å². The zero-order valence-corrected chi connectivity index (χ0v) is 23.0. The highest BCUT2D eigenvalue weighted by Crippen LogP contribution is 2.36. The van der Waals surface area contributed by atoms with Crippen molar-refractivity contribution in [2.75, 3.05) is 13.7 Å². The smallest absolute Gasteiger partial charge is 0.338 e. The molecule has 0 spiro atoms. The summed E-state index contributed by atoms with van der Waals surface area (Å²) in [6.07, 6.45) is 1.65. The number of benzene rings is 2. The molecule has 4 aromatic rings. The van der Waals surface area contributed by atoms with Gasteiger partial charge in [0, 0.05) is 22.2 Å². The average Bonchev–Trinajstić information content (AvgIpc) is 3.49. The largest absolute Gasteiger partial charge is 0.496 e. The number of aromatic nitrogens is 1. The first-order valence-corrected chi connectivity index (χ1v) is 13.3. The first kappa shape index (κ1) is 26.0. The van der Waals surface area contributed by atoms with Gasteiger partial charge in [0.2, 0.25) is 0 Å². The minimum atomic E-state index is -0.777. The second-order valence-electron chi connectivity index (χ2n) is 8.37. The van der Waals surface area contributed by atoms with Crippen LogP contribution in [0.1, 0.15) is 31.2 Å². The predicted octanol–water partition coefficient (Wildman–Crippen LogP) is 5.37. The van der Waals surface area contributed by atoms with Crippen LogP contribution in [0.15, 0.2) is 80.1 Å². The van der Waals surface area contributed by atoms with Crippen molar-refractivity contribution in [1.82, 2.24) is 4.57 Å². The molecule has 0 aliphatic carbocycles. The fraction of sp³-hybridized carbons (Fsp3) is 0.179. The summed E-state index contributed by atoms with van der Waals surface area (Å²) in [7, 11) is 1.55. The fourth-order valence-electron chi connectivity index (χ4n) is 4.37. The predicted molar refractivity (Wildman–Crippen MR) is 148 cm³/mol. The molecular weight excluding hydrogens is 547 g/mol. The van der Waals surface area contributed by atoms with E-state index in [9.17, 15) is 9.59 Å². The van der Waals surface area contributed by atoms with Gasteiger partial charge in [-0.1, -0.05) is 52.7 Å². The number of nitrogens with zero attached hydrogens (tertiary/aromatic N) is 2. The molecule has 0 unspecified atom stereocenters. The number of allylic oxidation sites excluding steroid dienone is 1. The number of furan rings is 1. The molecule has 2 aromatic carbocycles. The summed E-state index contributed by atoms with van der Waals surface area (Å²) >= 11 is 13.7. The molecule has 2 aromatic heterocycles. The molecule has 194 valence electrons. The van der Waals surface area contributed by atoms with Crippen LogP contribution in [-0.2, 0) is 9.53 Å². The molecule has 1 atom stereocenters. The maximum atomic E-state index is 13.8. The van der Waals surface area contributed by atoms with Gasteiger partial charge in [-0.3, -0.25) is 9.36 Å². The zero-order valence-electron chi connectivity index (χ0n) is 20.7. The molecule has 38 heavy (non-hydrogen) atoms. The lowest BCUT2D eigenvalue weighted by molar-refractivity contribution is -0.139. The number of carbonyl (C=O) groups is 1. The molecule has 3 heterocycles. The van der Waals surface area contributed by atoms with Gasteiger partial charge in [0.05, 0.1) is 34.5 Å². The lowest BCUT2D eigenvalue weighted by atomic mass is 9.95. The van der Waals surface area contributed by atoms with Crippen LogP contribution in [0.5, 0.6) is 5.75 Å². The second-order valence-corrected chi connectivity index (χ2v) is 10.2. The van der Waals surface area contributed by atoms with Crippen molar-refractivity contribution < 1.29 is 18.7 Å². The molecule has 0 amide bonds. The number of carbonyl (C=O) groups excluding carboxylic acids is 1. The van der Waals surface area contributed by atoms with E-state index in [1.165, 1.54) is 15.9 Å². The highest BCUT2D eigenvalue weighted by atomic mass is 35.5. The van der Waals surface area contributed by atoms with Crippen LogP contribution in [0.25, 0.3) is 17.4 Å². The maximum Gasteiger partial charge on any atom is 0.338 e. The summed E-state index contributed by atoms with van der Waals surface area (Å²) in [5.74, 6) is 0.978. The maximum absolute atomic E-state index is 13.8. The second kappa shape index (κ2) is 10.6. The molecule has 1 aliphatic rings. The Balaban J connectivity index is 1.67. The summed E-state index contributed by atoms with van der Waals surface area (Å²) in [6, 6.07) is 15.1. The third kappa shape index (κ3) is 4.71. The monoisotopic (exact) mass is 568 g/mol. The molecule has 10 heteroatoms. The number of esters is 1. The van der Waals surface area contributed by atoms with Gasteiger partial charge in [-0.2, -0.15) is 0 Å². The van der Waals surface area contributed by atoms with Crippen molar-refractivity contribution >= 4 is 46.6 Å². The van der Waals surface area contributed by atoms with Gasteiger partial charge in [0.25, 0.3) is 5.56 Å². The van der Waals surface area contributed by atoms with Gasteiger partial charge < -0.3 is 13.9 Å². The van der Waals surface area contributed by atoms with Crippen molar-refractivity contribution in [3.63, 3.8) is 0 Å². The number of thiazole rings is 1. The number of halogens is 2. The molecule has 0 saturated carbocycles. The fourth-order valence-corrected chi connectivity index (χ4v) is 5.78. The third-order valence-electron chi connectivity index (χ3n) is 6.04. The Bertz CT molecular complexity index is 1770. The first-order valence-electron chi connectivity index (χ1n) is 11.7. The molecular formula is C28H22Cl2N2O5S. The molecule has 5 rings (SSSR count). The minimum Gasteiger partial charge on any atom is -0.496 e. The number of ether oxygens (including phenoxy) is 2. The van der Waals surface area contributed by atoms with E-state index >= 15 is 0 Å². The standard InChI is InChI=1S/C28H22Cl2N2O5S/c1-4-36-27(34)24-15(2)31-28-32(25(24)18-7-5-6-8-21(18)35-3)26(33)23(38-28)14-17-10-12-22(37-17)19-13-16(29)9-11-20(19)30/h5-14,25H,4H2,1-3H3/b23-14+/t25-/m0/s1. The Hall–Kier alpha value is -3.59. The number of rotatable bonds is 6. The summed E-state index contributed by atoms with van der Waals surface area (Å²) < 4.78 is 18.8. The van der Waals surface area contributed by atoms with E-state index in [1.807, 2.05) is 18.2 Å². The van der Waals surface area contributed by atoms with E-state index in [2.05, 4.69) is 4.99 Å². The Morgan fingerprint density at radius 3 is 2.74 bits per heavy atom. The van der Waals surface area contributed by atoms with Gasteiger partial charge in [0.1, 0.15) is 23.3 Å². The van der Waals surface area contributed by atoms with Gasteiger partial charge in [-0.15, -0.1) is 0 Å². The quantitative estimate of drug-likeness (QED) is 0.292. The number of fused-ring (bicyclic) bond motifs is 1. The highest BCUT2D eigenvalue weighted by Gasteiger charge is 2.35. The Morgan fingerprint density at radius 2 is 1.97 bits per heavy atom. The van der Waals surface area contributed by atoms with Crippen LogP contribution in [0, 0.1) is 0 Å². The van der Waals surface area contributed by atoms with Crippen LogP contribution < -0.4 is 19.6 Å². The summed E-state index contributed by atoms with van der Waals surface area (Å²) in [6.45, 7) is 3.66. The topological polar surface area (TPSA) is 83.0 Å². The van der Waals surface area contributed by atoms with E-state index < -0.39 is 12.0 Å². The van der Waals surface area contributed by atoms with Crippen molar-refractivity contribution in [3.8, 4) is 17.1 Å². The molecule has 1 aliphatic heterocycles. The third-order valence-corrected chi connectivity index (χ3v) is 7.59. The zero-order chi connectivity index (χ0) is 27.0. The SMILES string of the molecule is CCOC(=O)C1=C(C)N=c2s/c(=C/c3ccc(-c4cc(Cl)ccc4Cl)o3)c(=O)n2[C@H]1c1ccccc1OC. The van der Waals surface area contributed by atoms with Gasteiger partial charge >= 0.3 is 5.97 Å². The van der Waals surface area contributed by atoms with Crippen LogP contribution in [0.3, 0.4) is 0 Å². The van der Waals surface area contributed by atoms with Crippen LogP contribution in [-0.4, -0.2) is 24.3 Å². The lowest BCUT2D eigenvalue weighted by Crippen LogP contribution is -2.40. The molecule has 0 radical (unpaired) electrons. The average molecular weight is 569 g/mol. The van der Waals surface area contributed by atoms with Crippen molar-refractivity contribution in [1.29, 1.82) is 0 Å². The van der Waals surface area contributed by atoms with Gasteiger partial charge in [0.15, 0.2) is 4.80 Å². The Labute approximate surface area is 231 Å². The van der Waals surface area contributed by atoms with Gasteiger partial charge in [-0.05, 0) is 50.2 Å². The van der Waals surface area contributed by atoms with Crippen LogP contribution >= 0.6 is 34.5 Å². The number of hydrogen-bond donors (Lipinski definition) is 0. The number of methoxy groups -OCH3 is 1. The molecule has 0 bridgehead atoms. The number of para-hydroxylation sites is 1. The van der Waals surface area contributed by atoms with E-state index in [4.69, 9.17) is 37.1 Å². The van der Waals surface area contributed by atoms with Crippen LogP contribution in [0.2, 0.25) is 10.0 Å². The van der Waals surface area contributed by atoms with E-state index in [0.29, 0.717) is 53.5 Å². The molecule has 0 fully saturated rings. The van der Waals surface area contributed by atoms with Crippen LogP contribution in [0.4, 0.5) is 0 Å². The summed E-state index contributed by atoms with van der Waals surface area (Å²) in [4.78, 5) is 31.9. The van der Waals surface area contributed by atoms with Crippen molar-refractivity contribution in [2.45, 2.75) is 19.9 Å². The highest BCUT2D eigenvalue weighted by molar-refractivity contribution is 7.07. The molecule has 7 nitrogen and oxygen atoms in total. The summed E-state index contributed by atoms with van der Waals surface area (Å²) in [5, 5.41) is 1.02. The Morgan fingerprint density at radius 1 is 1.18 bits per heavy atom.